The summed E-state index contributed by atoms with van der Waals surface area (Å²) in [5, 5.41) is 0. The molecule has 1 aromatic carbocycles. The van der Waals surface area contributed by atoms with Crippen LogP contribution in [-0.2, 0) is 4.79 Å². The summed E-state index contributed by atoms with van der Waals surface area (Å²) in [6.07, 6.45) is 5.14. The molecule has 8 heteroatoms. The number of aryl methyl sites for hydroxylation is 1. The molecule has 1 aromatic heterocycles. The van der Waals surface area contributed by atoms with Crippen molar-refractivity contribution in [3.8, 4) is 0 Å². The van der Waals surface area contributed by atoms with E-state index in [-0.39, 0.29) is 11.9 Å². The van der Waals surface area contributed by atoms with E-state index in [1.165, 1.54) is 12.4 Å². The van der Waals surface area contributed by atoms with Gasteiger partial charge in [-0.2, -0.15) is 0 Å². The SMILES string of the molecule is CC.Cc1ccc(C(=O)N2CCN(C(=N/C(=C\C=O)c3ccncn3)N(C)C)C(C)C2)cc1. The van der Waals surface area contributed by atoms with Crippen molar-refractivity contribution in [2.45, 2.75) is 33.7 Å². The van der Waals surface area contributed by atoms with E-state index < -0.39 is 0 Å². The van der Waals surface area contributed by atoms with Gasteiger partial charge in [-0.3, -0.25) is 9.59 Å². The summed E-state index contributed by atoms with van der Waals surface area (Å²) in [6.45, 7) is 9.88. The first kappa shape index (κ1) is 25.7. The summed E-state index contributed by atoms with van der Waals surface area (Å²) >= 11 is 0. The Morgan fingerprint density at radius 1 is 1.15 bits per heavy atom. The van der Waals surface area contributed by atoms with Gasteiger partial charge in [0.2, 0.25) is 5.96 Å². The number of rotatable bonds is 4. The van der Waals surface area contributed by atoms with E-state index in [1.807, 2.05) is 68.9 Å². The van der Waals surface area contributed by atoms with Crippen molar-refractivity contribution in [3.63, 3.8) is 0 Å². The maximum absolute atomic E-state index is 12.9. The highest BCUT2D eigenvalue weighted by molar-refractivity contribution is 5.95. The molecule has 1 aliphatic rings. The summed E-state index contributed by atoms with van der Waals surface area (Å²) in [7, 11) is 3.82. The van der Waals surface area contributed by atoms with Gasteiger partial charge in [0.05, 0.1) is 11.4 Å². The van der Waals surface area contributed by atoms with Gasteiger partial charge in [0.1, 0.15) is 12.6 Å². The summed E-state index contributed by atoms with van der Waals surface area (Å²) in [5.74, 6) is 0.749. The van der Waals surface area contributed by atoms with Gasteiger partial charge in [-0.25, -0.2) is 15.0 Å². The van der Waals surface area contributed by atoms with Gasteiger partial charge in [-0.05, 0) is 32.0 Å². The number of piperazine rings is 1. The van der Waals surface area contributed by atoms with E-state index in [2.05, 4.69) is 21.8 Å². The minimum Gasteiger partial charge on any atom is -0.349 e. The predicted molar refractivity (Wildman–Crippen MR) is 132 cm³/mol. The molecule has 0 bridgehead atoms. The fourth-order valence-corrected chi connectivity index (χ4v) is 3.53. The number of amides is 1. The van der Waals surface area contributed by atoms with Gasteiger partial charge in [0.15, 0.2) is 0 Å². The lowest BCUT2D eigenvalue weighted by atomic mass is 10.1. The molecule has 3 rings (SSSR count). The normalized spacial score (nSPS) is 16.6. The first-order valence-corrected chi connectivity index (χ1v) is 11.2. The number of aliphatic imine (C=N–C) groups is 1. The number of carbonyl (C=O) groups excluding carboxylic acids is 2. The molecule has 33 heavy (non-hydrogen) atoms. The Kier molecular flexibility index (Phi) is 9.72. The minimum absolute atomic E-state index is 0.0392. The molecule has 0 N–H and O–H groups in total. The van der Waals surface area contributed by atoms with Crippen LogP contribution in [-0.4, -0.2) is 82.6 Å². The van der Waals surface area contributed by atoms with Crippen LogP contribution in [0.5, 0.6) is 0 Å². The van der Waals surface area contributed by atoms with Crippen LogP contribution in [0.3, 0.4) is 0 Å². The third kappa shape index (κ3) is 6.71. The highest BCUT2D eigenvalue weighted by Gasteiger charge is 2.30. The monoisotopic (exact) mass is 450 g/mol. The van der Waals surface area contributed by atoms with E-state index in [9.17, 15) is 9.59 Å². The van der Waals surface area contributed by atoms with Gasteiger partial charge in [0.25, 0.3) is 5.91 Å². The quantitative estimate of drug-likeness (QED) is 0.308. The summed E-state index contributed by atoms with van der Waals surface area (Å²) < 4.78 is 0. The standard InChI is InChI=1S/C23H28N6O2.C2H6/c1-17-5-7-19(8-6-17)22(31)28-12-13-29(18(2)15-28)23(27(3)4)26-21(10-14-30)20-9-11-24-16-25-20;1-2/h5-11,14,16,18H,12-13,15H2,1-4H3;1-2H3/b21-10-,26-23?;. The Labute approximate surface area is 196 Å². The maximum Gasteiger partial charge on any atom is 0.253 e. The first-order valence-electron chi connectivity index (χ1n) is 11.2. The molecule has 1 aliphatic heterocycles. The number of aldehydes is 1. The number of hydrogen-bond donors (Lipinski definition) is 0. The average molecular weight is 451 g/mol. The van der Waals surface area contributed by atoms with Crippen LogP contribution in [0.1, 0.15) is 42.4 Å². The summed E-state index contributed by atoms with van der Waals surface area (Å²) in [5.41, 5.74) is 2.87. The predicted octanol–water partition coefficient (Wildman–Crippen LogP) is 3.12. The van der Waals surface area contributed by atoms with Crippen molar-refractivity contribution < 1.29 is 9.59 Å². The molecule has 176 valence electrons. The van der Waals surface area contributed by atoms with Crippen LogP contribution < -0.4 is 0 Å². The lowest BCUT2D eigenvalue weighted by Crippen LogP contribution is -2.57. The van der Waals surface area contributed by atoms with E-state index in [1.54, 1.807) is 12.3 Å². The molecule has 0 aliphatic carbocycles. The molecule has 0 spiro atoms. The molecule has 1 atom stereocenters. The van der Waals surface area contributed by atoms with Crippen LogP contribution in [0.25, 0.3) is 5.70 Å². The van der Waals surface area contributed by atoms with Crippen LogP contribution >= 0.6 is 0 Å². The van der Waals surface area contributed by atoms with Crippen molar-refractivity contribution in [3.05, 3.63) is 65.8 Å². The molecule has 2 heterocycles. The Balaban J connectivity index is 0.00000187. The van der Waals surface area contributed by atoms with Crippen molar-refractivity contribution in [2.24, 2.45) is 4.99 Å². The Morgan fingerprint density at radius 3 is 2.39 bits per heavy atom. The van der Waals surface area contributed by atoms with Crippen molar-refractivity contribution >= 4 is 23.8 Å². The van der Waals surface area contributed by atoms with Gasteiger partial charge >= 0.3 is 0 Å². The molecule has 1 fully saturated rings. The number of allylic oxidation sites excluding steroid dienone is 1. The molecule has 1 amide bonds. The molecular formula is C25H34N6O2. The second-order valence-electron chi connectivity index (χ2n) is 7.75. The second-order valence-corrected chi connectivity index (χ2v) is 7.75. The van der Waals surface area contributed by atoms with Crippen LogP contribution in [0.15, 0.2) is 53.9 Å². The number of nitrogens with zero attached hydrogens (tertiary/aromatic N) is 6. The Morgan fingerprint density at radius 2 is 1.85 bits per heavy atom. The molecule has 1 saturated heterocycles. The lowest BCUT2D eigenvalue weighted by Gasteiger charge is -2.43. The number of hydrogen-bond acceptors (Lipinski definition) is 5. The Bertz CT molecular complexity index is 970. The summed E-state index contributed by atoms with van der Waals surface area (Å²) in [4.78, 5) is 42.9. The van der Waals surface area contributed by atoms with Crippen LogP contribution in [0.2, 0.25) is 0 Å². The molecular weight excluding hydrogens is 416 g/mol. The third-order valence-electron chi connectivity index (χ3n) is 5.16. The van der Waals surface area contributed by atoms with E-state index in [0.29, 0.717) is 48.8 Å². The van der Waals surface area contributed by atoms with E-state index >= 15 is 0 Å². The highest BCUT2D eigenvalue weighted by atomic mass is 16.2. The number of carbonyl (C=O) groups is 2. The van der Waals surface area contributed by atoms with Gasteiger partial charge in [-0.15, -0.1) is 0 Å². The number of benzene rings is 1. The largest absolute Gasteiger partial charge is 0.349 e. The zero-order chi connectivity index (χ0) is 24.4. The topological polar surface area (TPSA) is 82.0 Å². The third-order valence-corrected chi connectivity index (χ3v) is 5.16. The fraction of sp³-hybridized carbons (Fsp3) is 0.400. The average Bonchev–Trinajstić information content (AvgIpc) is 2.84. The molecule has 0 saturated carbocycles. The number of aromatic nitrogens is 2. The van der Waals surface area contributed by atoms with E-state index in [4.69, 9.17) is 4.99 Å². The molecule has 8 nitrogen and oxygen atoms in total. The van der Waals surface area contributed by atoms with Gasteiger partial charge < -0.3 is 14.7 Å². The zero-order valence-electron chi connectivity index (χ0n) is 20.4. The number of guanidine groups is 1. The molecule has 0 radical (unpaired) electrons. The van der Waals surface area contributed by atoms with Crippen molar-refractivity contribution in [1.82, 2.24) is 24.7 Å². The molecule has 1 unspecified atom stereocenters. The second kappa shape index (κ2) is 12.5. The summed E-state index contributed by atoms with van der Waals surface area (Å²) in [6, 6.07) is 9.43. The highest BCUT2D eigenvalue weighted by Crippen LogP contribution is 2.18. The minimum atomic E-state index is 0.0392. The zero-order valence-corrected chi connectivity index (χ0v) is 20.4. The smallest absolute Gasteiger partial charge is 0.253 e. The van der Waals surface area contributed by atoms with Crippen molar-refractivity contribution in [2.75, 3.05) is 33.7 Å². The maximum atomic E-state index is 12.9. The Hall–Kier alpha value is -3.55. The fourth-order valence-electron chi connectivity index (χ4n) is 3.53. The van der Waals surface area contributed by atoms with Gasteiger partial charge in [-0.1, -0.05) is 31.5 Å². The molecule has 2 aromatic rings. The lowest BCUT2D eigenvalue weighted by molar-refractivity contribution is -0.104. The van der Waals surface area contributed by atoms with Crippen molar-refractivity contribution in [1.29, 1.82) is 0 Å². The van der Waals surface area contributed by atoms with E-state index in [0.717, 1.165) is 5.56 Å². The van der Waals surface area contributed by atoms with Crippen LogP contribution in [0, 0.1) is 6.92 Å². The first-order chi connectivity index (χ1) is 15.9. The van der Waals surface area contributed by atoms with Gasteiger partial charge in [0, 0.05) is 57.6 Å². The van der Waals surface area contributed by atoms with Crippen LogP contribution in [0.4, 0.5) is 0 Å².